The van der Waals surface area contributed by atoms with E-state index in [-0.39, 0.29) is 69.2 Å². The first-order valence-electron chi connectivity index (χ1n) is 25.9. The van der Waals surface area contributed by atoms with E-state index < -0.39 is 64.3 Å². The third kappa shape index (κ3) is 25.5. The van der Waals surface area contributed by atoms with Crippen LogP contribution in [0.25, 0.3) is 11.6 Å². The van der Waals surface area contributed by atoms with Crippen molar-refractivity contribution in [2.75, 3.05) is 159 Å². The molecule has 27 heteroatoms. The molecule has 1 aliphatic rings. The number of rotatable bonds is 45. The highest BCUT2D eigenvalue weighted by Crippen LogP contribution is 2.35. The van der Waals surface area contributed by atoms with Crippen molar-refractivity contribution in [2.24, 2.45) is 10.7 Å². The van der Waals surface area contributed by atoms with E-state index in [1.165, 1.54) is 5.06 Å². The molecule has 0 bridgehead atoms. The molecule has 1 aliphatic heterocycles. The molecule has 0 saturated heterocycles. The minimum absolute atomic E-state index is 0.0820. The topological polar surface area (TPSA) is 272 Å². The molecule has 0 radical (unpaired) electrons. The van der Waals surface area contributed by atoms with Crippen LogP contribution in [0.15, 0.2) is 39.4 Å². The van der Waals surface area contributed by atoms with Gasteiger partial charge in [0.1, 0.15) is 16.4 Å². The fourth-order valence-corrected chi connectivity index (χ4v) is 7.25. The Morgan fingerprint density at radius 2 is 1.18 bits per heavy atom. The summed E-state index contributed by atoms with van der Waals surface area (Å²) in [5, 5.41) is 16.0. The SMILES string of the molecule is CCCN(OCC)C(=O)C1=Cc2ccc(/C(C(=N)CC)=C(/NC)C(=O)NCCOCCOCCOCCOCCOCCOCCOCCOCCOCCOCCC(=O)Oc3c(F)c(F)c(SO)c(F)c3F)cc2N=C(N)C1. The number of aliphatic imine (C=N–C) groups is 1. The number of carbonyl (C=O) groups excluding carboxylic acids is 3. The number of ether oxygens (including phenoxy) is 11. The zero-order chi connectivity index (χ0) is 57.6. The molecule has 0 saturated carbocycles. The lowest BCUT2D eigenvalue weighted by Gasteiger charge is -2.21. The van der Waals surface area contributed by atoms with Crippen LogP contribution in [0.2, 0.25) is 0 Å². The number of esters is 1. The summed E-state index contributed by atoms with van der Waals surface area (Å²) in [5.74, 6) is -10.8. The number of amides is 2. The number of carbonyl (C=O) groups is 3. The molecule has 444 valence electrons. The number of nitrogens with two attached hydrogens (primary N) is 1. The number of nitrogens with zero attached hydrogens (tertiary/aromatic N) is 2. The number of hydrogen-bond donors (Lipinski definition) is 5. The number of halogens is 4. The number of hydroxylamine groups is 2. The van der Waals surface area contributed by atoms with E-state index in [9.17, 15) is 31.9 Å². The normalized spacial score (nSPS) is 12.6. The average molecular weight is 1150 g/mol. The van der Waals surface area contributed by atoms with Crippen molar-refractivity contribution in [3.63, 3.8) is 0 Å². The van der Waals surface area contributed by atoms with Crippen LogP contribution in [0.4, 0.5) is 23.2 Å². The van der Waals surface area contributed by atoms with Crippen LogP contribution in [0.1, 0.15) is 57.6 Å². The smallest absolute Gasteiger partial charge is 0.313 e. The van der Waals surface area contributed by atoms with Gasteiger partial charge in [-0.1, -0.05) is 26.0 Å². The van der Waals surface area contributed by atoms with E-state index in [0.717, 1.165) is 6.42 Å². The molecule has 3 rings (SSSR count). The Morgan fingerprint density at radius 3 is 1.61 bits per heavy atom. The van der Waals surface area contributed by atoms with E-state index >= 15 is 0 Å². The van der Waals surface area contributed by atoms with E-state index in [2.05, 4.69) is 20.4 Å². The van der Waals surface area contributed by atoms with Crippen molar-refractivity contribution in [1.29, 1.82) is 5.41 Å². The highest BCUT2D eigenvalue weighted by molar-refractivity contribution is 7.93. The second kappa shape index (κ2) is 40.9. The Hall–Kier alpha value is -5.14. The maximum Gasteiger partial charge on any atom is 0.313 e. The van der Waals surface area contributed by atoms with Crippen molar-refractivity contribution in [2.45, 2.75) is 51.3 Å². The van der Waals surface area contributed by atoms with Crippen molar-refractivity contribution >= 4 is 58.7 Å². The van der Waals surface area contributed by atoms with E-state index in [4.69, 9.17) is 67.9 Å². The summed E-state index contributed by atoms with van der Waals surface area (Å²) < 4.78 is 123. The van der Waals surface area contributed by atoms with Crippen molar-refractivity contribution in [1.82, 2.24) is 15.7 Å². The lowest BCUT2D eigenvalue weighted by atomic mass is 9.94. The quantitative estimate of drug-likeness (QED) is 0.00638. The number of benzene rings is 2. The summed E-state index contributed by atoms with van der Waals surface area (Å²) in [7, 11) is 1.62. The number of amidine groups is 1. The molecule has 2 aromatic rings. The van der Waals surface area contributed by atoms with Crippen LogP contribution in [0.5, 0.6) is 5.75 Å². The van der Waals surface area contributed by atoms with Gasteiger partial charge in [-0.05, 0) is 37.5 Å². The Labute approximate surface area is 462 Å². The lowest BCUT2D eigenvalue weighted by Crippen LogP contribution is -2.34. The maximum atomic E-state index is 13.9. The van der Waals surface area contributed by atoms with Gasteiger partial charge in [0.2, 0.25) is 17.4 Å². The number of fused-ring (bicyclic) bond motifs is 1. The summed E-state index contributed by atoms with van der Waals surface area (Å²) >= 11 is -0.523. The molecule has 6 N–H and O–H groups in total. The number of allylic oxidation sites excluding steroid dienone is 1. The fourth-order valence-electron chi connectivity index (χ4n) is 6.91. The molecular formula is C52H76F4N6O16S. The van der Waals surface area contributed by atoms with Gasteiger partial charge in [0.25, 0.3) is 11.8 Å². The molecule has 0 spiro atoms. The minimum atomic E-state index is -1.95. The first kappa shape index (κ1) is 68.1. The van der Waals surface area contributed by atoms with Gasteiger partial charge in [-0.2, -0.15) is 8.78 Å². The van der Waals surface area contributed by atoms with Crippen LogP contribution in [0, 0.1) is 28.7 Å². The van der Waals surface area contributed by atoms with E-state index in [1.807, 2.05) is 20.8 Å². The number of likely N-dealkylation sites (N-methyl/N-ethyl adjacent to an activating group) is 1. The van der Waals surface area contributed by atoms with Crippen molar-refractivity contribution < 1.29 is 93.4 Å². The average Bonchev–Trinajstić information content (AvgIpc) is 3.74. The highest BCUT2D eigenvalue weighted by Gasteiger charge is 2.29. The second-order valence-corrected chi connectivity index (χ2v) is 17.1. The van der Waals surface area contributed by atoms with Gasteiger partial charge in [0.05, 0.1) is 151 Å². The molecule has 0 atom stereocenters. The monoisotopic (exact) mass is 1150 g/mol. The summed E-state index contributed by atoms with van der Waals surface area (Å²) in [5.41, 5.74) is 9.38. The first-order chi connectivity index (χ1) is 38.3. The zero-order valence-corrected chi connectivity index (χ0v) is 46.2. The Bertz CT molecular complexity index is 2250. The summed E-state index contributed by atoms with van der Waals surface area (Å²) in [4.78, 5) is 47.4. The van der Waals surface area contributed by atoms with Gasteiger partial charge >= 0.3 is 5.97 Å². The standard InChI is InChI=1S/C52H76F4N6O16S/c1-5-12-62(77-7-3)52(65)38-33-36-8-9-37(34-40(36)61-41(58)35-38)43(39(57)6-2)48(59-4)51(64)60-11-14-68-16-18-70-20-22-72-24-26-74-28-30-76-32-31-75-29-27-73-25-23-71-21-19-69-17-15-67-13-10-42(63)78-49-44(53)46(55)50(79-66)47(56)45(49)54/h8-9,33-34,57,59,66H,5-7,10-32,35H2,1-4H3,(H2,58,61)(H,60,64)/b48-43-,57-39?. The van der Waals surface area contributed by atoms with Crippen LogP contribution in [-0.2, 0) is 66.6 Å². The highest BCUT2D eigenvalue weighted by atomic mass is 32.2. The predicted octanol–water partition coefficient (Wildman–Crippen LogP) is 5.41. The molecule has 0 aliphatic carbocycles. The largest absolute Gasteiger partial charge is 0.420 e. The van der Waals surface area contributed by atoms with Crippen molar-refractivity contribution in [3.8, 4) is 5.75 Å². The summed E-state index contributed by atoms with van der Waals surface area (Å²) in [6, 6.07) is 5.36. The molecule has 79 heavy (non-hydrogen) atoms. The van der Waals surface area contributed by atoms with Crippen LogP contribution < -0.4 is 21.1 Å². The molecule has 0 aromatic heterocycles. The maximum absolute atomic E-state index is 13.9. The zero-order valence-electron chi connectivity index (χ0n) is 45.4. The third-order valence-electron chi connectivity index (χ3n) is 10.7. The van der Waals surface area contributed by atoms with Crippen LogP contribution in [-0.4, -0.2) is 198 Å². The van der Waals surface area contributed by atoms with Gasteiger partial charge < -0.3 is 78.4 Å². The molecule has 2 amide bonds. The van der Waals surface area contributed by atoms with Crippen molar-refractivity contribution in [3.05, 3.63) is 63.9 Å². The Balaban J connectivity index is 1.11. The molecule has 22 nitrogen and oxygen atoms in total. The lowest BCUT2D eigenvalue weighted by molar-refractivity contribution is -0.180. The third-order valence-corrected chi connectivity index (χ3v) is 11.2. The van der Waals surface area contributed by atoms with Gasteiger partial charge in [-0.3, -0.25) is 19.2 Å². The molecule has 0 fully saturated rings. The van der Waals surface area contributed by atoms with Gasteiger partial charge in [-0.15, -0.1) is 0 Å². The van der Waals surface area contributed by atoms with Gasteiger partial charge in [0, 0.05) is 61.0 Å². The molecule has 1 heterocycles. The molecule has 0 unspecified atom stereocenters. The molecule has 2 aromatic carbocycles. The first-order valence-corrected chi connectivity index (χ1v) is 26.7. The minimum Gasteiger partial charge on any atom is -0.420 e. The number of nitrogens with one attached hydrogen (secondary N) is 3. The molecular weight excluding hydrogens is 1070 g/mol. The van der Waals surface area contributed by atoms with Gasteiger partial charge in [0.15, 0.2) is 11.6 Å². The summed E-state index contributed by atoms with van der Waals surface area (Å²) in [6.45, 7) is 12.7. The second-order valence-electron chi connectivity index (χ2n) is 16.5. The Kier molecular flexibility index (Phi) is 35.3. The predicted molar refractivity (Wildman–Crippen MR) is 284 cm³/mol. The fraction of sp³-hybridized carbons (Fsp3) is 0.596. The van der Waals surface area contributed by atoms with E-state index in [1.54, 1.807) is 31.3 Å². The Morgan fingerprint density at radius 1 is 0.709 bits per heavy atom. The van der Waals surface area contributed by atoms with Crippen LogP contribution >= 0.6 is 12.0 Å². The van der Waals surface area contributed by atoms with E-state index in [0.29, 0.717) is 147 Å². The van der Waals surface area contributed by atoms with Crippen LogP contribution in [0.3, 0.4) is 0 Å². The number of hydrogen-bond acceptors (Lipinski definition) is 21. The summed E-state index contributed by atoms with van der Waals surface area (Å²) in [6.07, 6.45) is 2.53. The van der Waals surface area contributed by atoms with Gasteiger partial charge in [-0.25, -0.2) is 18.8 Å².